The van der Waals surface area contributed by atoms with E-state index >= 15 is 0 Å². The van der Waals surface area contributed by atoms with Gasteiger partial charge in [-0.25, -0.2) is 0 Å². The van der Waals surface area contributed by atoms with Gasteiger partial charge < -0.3 is 5.32 Å². The van der Waals surface area contributed by atoms with Crippen molar-refractivity contribution in [2.75, 3.05) is 0 Å². The summed E-state index contributed by atoms with van der Waals surface area (Å²) >= 11 is 0. The van der Waals surface area contributed by atoms with Crippen molar-refractivity contribution in [2.45, 2.75) is 19.5 Å². The van der Waals surface area contributed by atoms with Crippen LogP contribution in [0, 0.1) is 15.9 Å². The van der Waals surface area contributed by atoms with Crippen LogP contribution in [0.1, 0.15) is 24.1 Å². The monoisotopic (exact) mass is 275 g/mol. The van der Waals surface area contributed by atoms with E-state index in [9.17, 15) is 14.5 Å². The fraction of sp³-hybridized carbons (Fsp3) is 0.214. The van der Waals surface area contributed by atoms with Crippen LogP contribution in [-0.2, 0) is 6.54 Å². The van der Waals surface area contributed by atoms with Gasteiger partial charge in [0.15, 0.2) is 0 Å². The van der Waals surface area contributed by atoms with Gasteiger partial charge in [-0.05, 0) is 18.6 Å². The molecule has 1 aromatic heterocycles. The summed E-state index contributed by atoms with van der Waals surface area (Å²) < 4.78 is 13.9. The largest absolute Gasteiger partial charge is 0.306 e. The highest BCUT2D eigenvalue weighted by molar-refractivity contribution is 5.36. The van der Waals surface area contributed by atoms with Crippen molar-refractivity contribution in [3.8, 4) is 0 Å². The highest BCUT2D eigenvalue weighted by Crippen LogP contribution is 2.21. The molecular weight excluding hydrogens is 261 g/mol. The van der Waals surface area contributed by atoms with Gasteiger partial charge >= 0.3 is 5.69 Å². The molecule has 0 radical (unpaired) electrons. The maximum absolute atomic E-state index is 13.9. The van der Waals surface area contributed by atoms with E-state index in [-0.39, 0.29) is 18.2 Å². The lowest BCUT2D eigenvalue weighted by molar-refractivity contribution is -0.387. The van der Waals surface area contributed by atoms with Crippen LogP contribution in [0.25, 0.3) is 0 Å². The molecule has 104 valence electrons. The third-order valence-electron chi connectivity index (χ3n) is 3.04. The smallest absolute Gasteiger partial charge is 0.305 e. The normalized spacial score (nSPS) is 12.1. The van der Waals surface area contributed by atoms with Crippen LogP contribution < -0.4 is 5.32 Å². The van der Waals surface area contributed by atoms with E-state index in [1.165, 1.54) is 12.1 Å². The second-order valence-electron chi connectivity index (χ2n) is 4.40. The van der Waals surface area contributed by atoms with E-state index in [0.717, 1.165) is 11.6 Å². The fourth-order valence-electron chi connectivity index (χ4n) is 1.86. The average Bonchev–Trinajstić information content (AvgIpc) is 2.46. The molecule has 0 amide bonds. The van der Waals surface area contributed by atoms with Crippen LogP contribution in [0.3, 0.4) is 0 Å². The topological polar surface area (TPSA) is 68.1 Å². The Morgan fingerprint density at radius 2 is 2.20 bits per heavy atom. The highest BCUT2D eigenvalue weighted by atomic mass is 19.1. The molecule has 0 aliphatic heterocycles. The first kappa shape index (κ1) is 14.1. The molecule has 2 rings (SSSR count). The first-order valence-corrected chi connectivity index (χ1v) is 6.14. The highest BCUT2D eigenvalue weighted by Gasteiger charge is 2.17. The summed E-state index contributed by atoms with van der Waals surface area (Å²) in [6.45, 7) is 2.13. The molecule has 0 aliphatic rings. The molecule has 5 nitrogen and oxygen atoms in total. The molecule has 2 aromatic rings. The lowest BCUT2D eigenvalue weighted by Gasteiger charge is -2.14. The molecule has 0 bridgehead atoms. The lowest BCUT2D eigenvalue weighted by atomic mass is 10.1. The van der Waals surface area contributed by atoms with Crippen molar-refractivity contribution in [1.82, 2.24) is 10.3 Å². The fourth-order valence-corrected chi connectivity index (χ4v) is 1.86. The van der Waals surface area contributed by atoms with Crippen LogP contribution in [-0.4, -0.2) is 9.91 Å². The predicted molar refractivity (Wildman–Crippen MR) is 72.5 cm³/mol. The van der Waals surface area contributed by atoms with E-state index in [1.54, 1.807) is 12.4 Å². The van der Waals surface area contributed by atoms with Crippen LogP contribution >= 0.6 is 0 Å². The van der Waals surface area contributed by atoms with Gasteiger partial charge in [0.25, 0.3) is 0 Å². The van der Waals surface area contributed by atoms with Gasteiger partial charge in [-0.1, -0.05) is 18.2 Å². The lowest BCUT2D eigenvalue weighted by Crippen LogP contribution is -2.19. The maximum Gasteiger partial charge on any atom is 0.305 e. The number of rotatable bonds is 5. The van der Waals surface area contributed by atoms with Crippen molar-refractivity contribution in [3.05, 3.63) is 69.8 Å². The number of nitro benzene ring substituents is 1. The Kier molecular flexibility index (Phi) is 4.37. The number of nitrogens with one attached hydrogen (secondary N) is 1. The zero-order valence-corrected chi connectivity index (χ0v) is 10.9. The van der Waals surface area contributed by atoms with Crippen molar-refractivity contribution >= 4 is 5.69 Å². The molecule has 0 saturated carbocycles. The number of benzene rings is 1. The quantitative estimate of drug-likeness (QED) is 0.672. The third-order valence-corrected chi connectivity index (χ3v) is 3.04. The minimum atomic E-state index is -0.789. The molecule has 20 heavy (non-hydrogen) atoms. The zero-order chi connectivity index (χ0) is 14.5. The molecular formula is C14H14FN3O2. The van der Waals surface area contributed by atoms with Gasteiger partial charge in [0.1, 0.15) is 0 Å². The second kappa shape index (κ2) is 6.21. The van der Waals surface area contributed by atoms with Gasteiger partial charge in [-0.3, -0.25) is 15.1 Å². The Bertz CT molecular complexity index is 605. The van der Waals surface area contributed by atoms with Gasteiger partial charge in [-0.2, -0.15) is 4.39 Å². The van der Waals surface area contributed by atoms with E-state index in [1.807, 2.05) is 19.1 Å². The Balaban J connectivity index is 2.08. The Hall–Kier alpha value is -2.34. The summed E-state index contributed by atoms with van der Waals surface area (Å²) in [5.41, 5.74) is 0.742. The number of nitrogens with zero attached hydrogens (tertiary/aromatic N) is 2. The number of pyridine rings is 1. The van der Waals surface area contributed by atoms with E-state index in [0.29, 0.717) is 0 Å². The summed E-state index contributed by atoms with van der Waals surface area (Å²) in [7, 11) is 0. The van der Waals surface area contributed by atoms with Gasteiger partial charge in [0, 0.05) is 36.6 Å². The Morgan fingerprint density at radius 1 is 1.40 bits per heavy atom. The minimum absolute atomic E-state index is 0.0256. The van der Waals surface area contributed by atoms with Gasteiger partial charge in [0.2, 0.25) is 5.82 Å². The van der Waals surface area contributed by atoms with E-state index < -0.39 is 16.4 Å². The molecule has 0 spiro atoms. The first-order valence-electron chi connectivity index (χ1n) is 6.14. The van der Waals surface area contributed by atoms with Crippen LogP contribution in [0.4, 0.5) is 10.1 Å². The Morgan fingerprint density at radius 3 is 2.85 bits per heavy atom. The average molecular weight is 275 g/mol. The van der Waals surface area contributed by atoms with Gasteiger partial charge in [0.05, 0.1) is 4.92 Å². The first-order chi connectivity index (χ1) is 9.59. The SMILES string of the molecule is CC(NCc1cccc([N+](=O)[O-])c1F)c1cccnc1. The molecule has 1 aromatic carbocycles. The summed E-state index contributed by atoms with van der Waals surface area (Å²) in [5, 5.41) is 13.8. The standard InChI is InChI=1S/C14H14FN3O2/c1-10(11-5-3-7-16-8-11)17-9-12-4-2-6-13(14(12)15)18(19)20/h2-8,10,17H,9H2,1H3. The molecule has 1 unspecified atom stereocenters. The summed E-state index contributed by atoms with van der Waals surface area (Å²) in [6, 6.07) is 7.87. The van der Waals surface area contributed by atoms with Crippen molar-refractivity contribution < 1.29 is 9.31 Å². The van der Waals surface area contributed by atoms with Gasteiger partial charge in [-0.15, -0.1) is 0 Å². The third kappa shape index (κ3) is 3.16. The summed E-state index contributed by atoms with van der Waals surface area (Å²) in [6.07, 6.45) is 3.40. The van der Waals surface area contributed by atoms with Crippen LogP contribution in [0.15, 0.2) is 42.7 Å². The molecule has 1 heterocycles. The molecule has 1 atom stereocenters. The van der Waals surface area contributed by atoms with Crippen molar-refractivity contribution in [1.29, 1.82) is 0 Å². The zero-order valence-electron chi connectivity index (χ0n) is 10.9. The second-order valence-corrected chi connectivity index (χ2v) is 4.40. The molecule has 0 saturated heterocycles. The minimum Gasteiger partial charge on any atom is -0.306 e. The number of hydrogen-bond donors (Lipinski definition) is 1. The number of halogens is 1. The molecule has 6 heteroatoms. The predicted octanol–water partition coefficient (Wildman–Crippen LogP) is 2.98. The Labute approximate surface area is 115 Å². The number of aromatic nitrogens is 1. The van der Waals surface area contributed by atoms with E-state index in [4.69, 9.17) is 0 Å². The molecule has 1 N–H and O–H groups in total. The number of nitro groups is 1. The van der Waals surface area contributed by atoms with Crippen molar-refractivity contribution in [3.63, 3.8) is 0 Å². The summed E-state index contributed by atoms with van der Waals surface area (Å²) in [5.74, 6) is -0.789. The maximum atomic E-state index is 13.9. The van der Waals surface area contributed by atoms with Crippen LogP contribution in [0.5, 0.6) is 0 Å². The number of hydrogen-bond acceptors (Lipinski definition) is 4. The van der Waals surface area contributed by atoms with E-state index in [2.05, 4.69) is 10.3 Å². The molecule has 0 aliphatic carbocycles. The van der Waals surface area contributed by atoms with Crippen molar-refractivity contribution in [2.24, 2.45) is 0 Å². The summed E-state index contributed by atoms with van der Waals surface area (Å²) in [4.78, 5) is 14.0. The molecule has 0 fully saturated rings. The van der Waals surface area contributed by atoms with Crippen LogP contribution in [0.2, 0.25) is 0 Å².